The van der Waals surface area contributed by atoms with Gasteiger partial charge in [-0.05, 0) is 44.6 Å². The lowest BCUT2D eigenvalue weighted by molar-refractivity contribution is -0.123. The summed E-state index contributed by atoms with van der Waals surface area (Å²) >= 11 is 5.46. The summed E-state index contributed by atoms with van der Waals surface area (Å²) in [5.74, 6) is -2.08. The van der Waals surface area contributed by atoms with Crippen LogP contribution in [0.2, 0.25) is 0 Å². The number of hydrogen-bond donors (Lipinski definition) is 2. The number of halogens is 6. The molecule has 0 fully saturated rings. The Hall–Kier alpha value is -1.96. The summed E-state index contributed by atoms with van der Waals surface area (Å²) < 4.78 is 54.4. The molecule has 0 bridgehead atoms. The van der Waals surface area contributed by atoms with E-state index in [0.29, 0.717) is 24.7 Å². The van der Waals surface area contributed by atoms with Gasteiger partial charge in [0.25, 0.3) is 5.91 Å². The fourth-order valence-corrected chi connectivity index (χ4v) is 4.09. The van der Waals surface area contributed by atoms with Crippen LogP contribution in [0, 0.1) is 9.52 Å². The van der Waals surface area contributed by atoms with Gasteiger partial charge >= 0.3 is 6.18 Å². The highest BCUT2D eigenvalue weighted by Gasteiger charge is 2.29. The van der Waals surface area contributed by atoms with Crippen molar-refractivity contribution in [3.63, 3.8) is 0 Å². The molecular weight excluding hydrogens is 561 g/mol. The van der Waals surface area contributed by atoms with E-state index in [2.05, 4.69) is 48.5 Å². The Morgan fingerprint density at radius 1 is 1.36 bits per heavy atom. The van der Waals surface area contributed by atoms with Gasteiger partial charge in [-0.1, -0.05) is 0 Å². The zero-order chi connectivity index (χ0) is 20.8. The van der Waals surface area contributed by atoms with Crippen LogP contribution >= 0.6 is 38.5 Å². The first-order chi connectivity index (χ1) is 13.0. The maximum atomic E-state index is 14.5. The van der Waals surface area contributed by atoms with E-state index in [-0.39, 0.29) is 5.82 Å². The molecule has 6 nitrogen and oxygen atoms in total. The van der Waals surface area contributed by atoms with Gasteiger partial charge in [0.2, 0.25) is 0 Å². The van der Waals surface area contributed by atoms with E-state index in [4.69, 9.17) is 5.73 Å². The van der Waals surface area contributed by atoms with Crippen LogP contribution in [0.25, 0.3) is 22.0 Å². The molecule has 0 aliphatic heterocycles. The maximum absolute atomic E-state index is 14.5. The number of nitrogens with zero attached hydrogens (tertiary/aromatic N) is 3. The molecule has 0 aliphatic rings. The van der Waals surface area contributed by atoms with Gasteiger partial charge in [0, 0.05) is 30.6 Å². The molecule has 3 rings (SSSR count). The molecule has 0 radical (unpaired) electrons. The van der Waals surface area contributed by atoms with Gasteiger partial charge in [0.15, 0.2) is 11.5 Å². The van der Waals surface area contributed by atoms with Crippen molar-refractivity contribution >= 4 is 61.1 Å². The number of rotatable bonds is 3. The molecule has 0 spiro atoms. The fraction of sp³-hybridized carbons (Fsp3) is 0.188. The van der Waals surface area contributed by atoms with Crippen LogP contribution in [-0.2, 0) is 7.05 Å². The van der Waals surface area contributed by atoms with Crippen LogP contribution < -0.4 is 11.1 Å². The lowest BCUT2D eigenvalue weighted by Gasteiger charge is -2.09. The molecule has 148 valence electrons. The normalized spacial score (nSPS) is 11.8. The maximum Gasteiger partial charge on any atom is 0.405 e. The largest absolute Gasteiger partial charge is 0.405 e. The minimum atomic E-state index is -4.61. The summed E-state index contributed by atoms with van der Waals surface area (Å²) in [5.41, 5.74) is 6.88. The Labute approximate surface area is 177 Å². The predicted molar refractivity (Wildman–Crippen MR) is 107 cm³/mol. The van der Waals surface area contributed by atoms with E-state index in [9.17, 15) is 22.4 Å². The molecule has 1 amide bonds. The van der Waals surface area contributed by atoms with Crippen LogP contribution in [0.15, 0.2) is 22.9 Å². The lowest BCUT2D eigenvalue weighted by atomic mass is 10.1. The number of carbonyl (C=O) groups excluding carboxylic acids is 1. The van der Waals surface area contributed by atoms with Gasteiger partial charge in [-0.2, -0.15) is 13.2 Å². The molecule has 0 saturated heterocycles. The molecular formula is C16H11BrF4IN5O. The van der Waals surface area contributed by atoms with Crippen molar-refractivity contribution in [3.05, 3.63) is 38.1 Å². The van der Waals surface area contributed by atoms with E-state index in [1.165, 1.54) is 6.20 Å². The number of anilines is 1. The molecule has 28 heavy (non-hydrogen) atoms. The number of carbonyl (C=O) groups is 1. The average Bonchev–Trinajstić information content (AvgIpc) is 2.88. The standard InChI is InChI=1S/C16H11BrF4IN5O/c1-27-12-7(17)4-25-14(23)10(12)9(13(27)22)6-2-8(18)11(24-3-6)15(28)26-5-16(19,20)21/h2-4H,5H2,1H3,(H2,23,25)(H,26,28). The van der Waals surface area contributed by atoms with Crippen molar-refractivity contribution in [2.45, 2.75) is 6.18 Å². The average molecular weight is 572 g/mol. The third-order valence-electron chi connectivity index (χ3n) is 3.92. The molecule has 3 N–H and O–H groups in total. The Bertz CT molecular complexity index is 1100. The number of aromatic nitrogens is 3. The monoisotopic (exact) mass is 571 g/mol. The Balaban J connectivity index is 2.07. The van der Waals surface area contributed by atoms with Crippen molar-refractivity contribution in [3.8, 4) is 11.1 Å². The molecule has 0 saturated carbocycles. The van der Waals surface area contributed by atoms with Gasteiger partial charge in [-0.15, -0.1) is 0 Å². The number of pyridine rings is 2. The van der Waals surface area contributed by atoms with E-state index >= 15 is 0 Å². The van der Waals surface area contributed by atoms with Crippen LogP contribution in [0.5, 0.6) is 0 Å². The van der Waals surface area contributed by atoms with Gasteiger partial charge < -0.3 is 15.6 Å². The highest BCUT2D eigenvalue weighted by molar-refractivity contribution is 14.1. The summed E-state index contributed by atoms with van der Waals surface area (Å²) in [5, 5.41) is 2.16. The SMILES string of the molecule is Cn1c(I)c(-c2cnc(C(=O)NCC(F)(F)F)c(F)c2)c2c(N)ncc(Br)c21. The molecule has 0 aliphatic carbocycles. The number of nitrogens with one attached hydrogen (secondary N) is 1. The Morgan fingerprint density at radius 2 is 2.04 bits per heavy atom. The number of aryl methyl sites for hydroxylation is 1. The molecule has 3 aromatic heterocycles. The van der Waals surface area contributed by atoms with Crippen LogP contribution in [0.4, 0.5) is 23.4 Å². The highest BCUT2D eigenvalue weighted by atomic mass is 127. The summed E-state index contributed by atoms with van der Waals surface area (Å²) in [6, 6.07) is 1.03. The van der Waals surface area contributed by atoms with Crippen molar-refractivity contribution < 1.29 is 22.4 Å². The number of nitrogens with two attached hydrogens (primary N) is 1. The second-order valence-electron chi connectivity index (χ2n) is 5.79. The van der Waals surface area contributed by atoms with Gasteiger partial charge in [-0.3, -0.25) is 4.79 Å². The third-order valence-corrected chi connectivity index (χ3v) is 5.76. The van der Waals surface area contributed by atoms with Crippen molar-refractivity contribution in [1.82, 2.24) is 19.9 Å². The molecule has 0 aromatic carbocycles. The van der Waals surface area contributed by atoms with E-state index in [1.807, 2.05) is 4.57 Å². The van der Waals surface area contributed by atoms with Crippen LogP contribution in [-0.4, -0.2) is 33.2 Å². The molecule has 12 heteroatoms. The first-order valence-electron chi connectivity index (χ1n) is 7.60. The van der Waals surface area contributed by atoms with Crippen molar-refractivity contribution in [1.29, 1.82) is 0 Å². The molecule has 0 atom stereocenters. The highest BCUT2D eigenvalue weighted by Crippen LogP contribution is 2.40. The summed E-state index contributed by atoms with van der Waals surface area (Å²) in [4.78, 5) is 19.6. The van der Waals surface area contributed by atoms with Crippen molar-refractivity contribution in [2.24, 2.45) is 7.05 Å². The fourth-order valence-electron chi connectivity index (χ4n) is 2.71. The third kappa shape index (κ3) is 3.79. The summed E-state index contributed by atoms with van der Waals surface area (Å²) in [6.07, 6.45) is -1.85. The van der Waals surface area contributed by atoms with Crippen molar-refractivity contribution in [2.75, 3.05) is 12.3 Å². The number of amides is 1. The van der Waals surface area contributed by atoms with Crippen LogP contribution in [0.3, 0.4) is 0 Å². The zero-order valence-corrected chi connectivity index (χ0v) is 17.8. The van der Waals surface area contributed by atoms with E-state index < -0.39 is 30.1 Å². The number of nitrogen functional groups attached to an aromatic ring is 1. The van der Waals surface area contributed by atoms with E-state index in [0.717, 1.165) is 11.6 Å². The van der Waals surface area contributed by atoms with Gasteiger partial charge in [0.1, 0.15) is 12.4 Å². The number of alkyl halides is 3. The first kappa shape index (κ1) is 20.8. The topological polar surface area (TPSA) is 85.8 Å². The second kappa shape index (κ2) is 7.46. The Kier molecular flexibility index (Phi) is 5.53. The number of fused-ring (bicyclic) bond motifs is 1. The predicted octanol–water partition coefficient (Wildman–Crippen LogP) is 4.02. The quantitative estimate of drug-likeness (QED) is 0.367. The molecule has 0 unspecified atom stereocenters. The minimum absolute atomic E-state index is 0.221. The zero-order valence-electron chi connectivity index (χ0n) is 14.0. The second-order valence-corrected chi connectivity index (χ2v) is 7.67. The summed E-state index contributed by atoms with van der Waals surface area (Å²) in [7, 11) is 1.79. The van der Waals surface area contributed by atoms with Gasteiger partial charge in [0.05, 0.1) is 19.1 Å². The lowest BCUT2D eigenvalue weighted by Crippen LogP contribution is -2.34. The first-order valence-corrected chi connectivity index (χ1v) is 9.47. The Morgan fingerprint density at radius 3 is 2.64 bits per heavy atom. The smallest absolute Gasteiger partial charge is 0.383 e. The minimum Gasteiger partial charge on any atom is -0.383 e. The van der Waals surface area contributed by atoms with E-state index in [1.54, 1.807) is 18.6 Å². The molecule has 3 heterocycles. The molecule has 3 aromatic rings. The van der Waals surface area contributed by atoms with Crippen LogP contribution in [0.1, 0.15) is 10.5 Å². The number of hydrogen-bond acceptors (Lipinski definition) is 4. The summed E-state index contributed by atoms with van der Waals surface area (Å²) in [6.45, 7) is -1.58. The van der Waals surface area contributed by atoms with Gasteiger partial charge in [-0.25, -0.2) is 14.4 Å².